The number of benzene rings is 2. The molecule has 0 saturated heterocycles. The van der Waals surface area contributed by atoms with E-state index in [9.17, 15) is 14.0 Å². The molecule has 0 atom stereocenters. The molecule has 2 amide bonds. The summed E-state index contributed by atoms with van der Waals surface area (Å²) in [5.74, 6) is -0.432. The minimum atomic E-state index is -0.587. The lowest BCUT2D eigenvalue weighted by Crippen LogP contribution is -2.31. The predicted molar refractivity (Wildman–Crippen MR) is 128 cm³/mol. The minimum absolute atomic E-state index is 0.00907. The number of carbonyl (C=O) groups is 1. The van der Waals surface area contributed by atoms with Crippen molar-refractivity contribution in [3.05, 3.63) is 81.0 Å². The van der Waals surface area contributed by atoms with Gasteiger partial charge in [-0.1, -0.05) is 35.9 Å². The predicted octanol–water partition coefficient (Wildman–Crippen LogP) is 3.03. The normalized spacial score (nSPS) is 10.8. The van der Waals surface area contributed by atoms with Crippen molar-refractivity contribution < 1.29 is 9.18 Å². The molecule has 0 bridgehead atoms. The molecule has 0 aliphatic carbocycles. The van der Waals surface area contributed by atoms with Crippen LogP contribution in [0, 0.1) is 5.82 Å². The average Bonchev–Trinajstić information content (AvgIpc) is 2.78. The van der Waals surface area contributed by atoms with Crippen LogP contribution in [0.3, 0.4) is 0 Å². The summed E-state index contributed by atoms with van der Waals surface area (Å²) >= 11 is 5.94. The molecule has 1 heterocycles. The Morgan fingerprint density at radius 2 is 2.03 bits per heavy atom. The summed E-state index contributed by atoms with van der Waals surface area (Å²) in [4.78, 5) is 31.1. The molecule has 3 aromatic rings. The zero-order chi connectivity index (χ0) is 23.6. The quantitative estimate of drug-likeness (QED) is 0.290. The number of rotatable bonds is 10. The van der Waals surface area contributed by atoms with E-state index in [1.165, 1.54) is 12.3 Å². The van der Waals surface area contributed by atoms with Crippen LogP contribution in [0.15, 0.2) is 53.5 Å². The van der Waals surface area contributed by atoms with Crippen LogP contribution < -0.4 is 27.2 Å². The number of nitrogens with zero attached hydrogens (tertiary/aromatic N) is 1. The third kappa shape index (κ3) is 7.38. The summed E-state index contributed by atoms with van der Waals surface area (Å²) in [6.07, 6.45) is 2.80. The first-order valence-electron chi connectivity index (χ1n) is 10.5. The van der Waals surface area contributed by atoms with Crippen molar-refractivity contribution in [3.8, 4) is 11.1 Å². The van der Waals surface area contributed by atoms with E-state index in [4.69, 9.17) is 17.3 Å². The first kappa shape index (κ1) is 24.4. The number of amides is 2. The van der Waals surface area contributed by atoms with Gasteiger partial charge >= 0.3 is 6.03 Å². The van der Waals surface area contributed by atoms with E-state index in [-0.39, 0.29) is 11.5 Å². The molecular weight excluding hydrogens is 447 g/mol. The van der Waals surface area contributed by atoms with E-state index in [0.717, 1.165) is 12.0 Å². The summed E-state index contributed by atoms with van der Waals surface area (Å²) in [5.41, 5.74) is 6.92. The molecular formula is C23H26ClFN6O2. The van der Waals surface area contributed by atoms with Crippen molar-refractivity contribution in [1.29, 1.82) is 0 Å². The van der Waals surface area contributed by atoms with Crippen LogP contribution in [0.25, 0.3) is 11.1 Å². The minimum Gasteiger partial charge on any atom is -0.337 e. The molecule has 8 nitrogen and oxygen atoms in total. The third-order valence-corrected chi connectivity index (χ3v) is 5.09. The van der Waals surface area contributed by atoms with Gasteiger partial charge in [0.05, 0.1) is 5.56 Å². The fourth-order valence-electron chi connectivity index (χ4n) is 3.14. The Balaban J connectivity index is 1.56. The van der Waals surface area contributed by atoms with Gasteiger partial charge in [-0.25, -0.2) is 9.18 Å². The average molecular weight is 473 g/mol. The topological polar surface area (TPSA) is 125 Å². The Bertz CT molecular complexity index is 1150. The summed E-state index contributed by atoms with van der Waals surface area (Å²) < 4.78 is 14.4. The number of H-pyrrole nitrogens is 1. The summed E-state index contributed by atoms with van der Waals surface area (Å²) in [6, 6.07) is 11.4. The van der Waals surface area contributed by atoms with E-state index in [2.05, 4.69) is 25.9 Å². The molecule has 0 unspecified atom stereocenters. The highest BCUT2D eigenvalue weighted by molar-refractivity contribution is 6.30. The van der Waals surface area contributed by atoms with Crippen LogP contribution in [0.5, 0.6) is 0 Å². The largest absolute Gasteiger partial charge is 0.337 e. The van der Waals surface area contributed by atoms with Gasteiger partial charge in [-0.2, -0.15) is 4.98 Å². The second kappa shape index (κ2) is 12.1. The number of nitrogens with two attached hydrogens (primary N) is 1. The highest BCUT2D eigenvalue weighted by Gasteiger charge is 2.11. The van der Waals surface area contributed by atoms with Gasteiger partial charge in [0.2, 0.25) is 5.95 Å². The van der Waals surface area contributed by atoms with Crippen LogP contribution in [0.1, 0.15) is 17.5 Å². The fraction of sp³-hybridized carbons (Fsp3) is 0.261. The lowest BCUT2D eigenvalue weighted by molar-refractivity contribution is 0.252. The van der Waals surface area contributed by atoms with Gasteiger partial charge in [-0.3, -0.25) is 10.1 Å². The molecule has 6 N–H and O–H groups in total. The first-order chi connectivity index (χ1) is 16.0. The van der Waals surface area contributed by atoms with Gasteiger partial charge in [0.1, 0.15) is 5.82 Å². The van der Waals surface area contributed by atoms with Gasteiger partial charge < -0.3 is 21.4 Å². The van der Waals surface area contributed by atoms with E-state index in [1.54, 1.807) is 18.2 Å². The van der Waals surface area contributed by atoms with Gasteiger partial charge in [0.15, 0.2) is 0 Å². The Kier molecular flexibility index (Phi) is 8.94. The number of aromatic nitrogens is 2. The van der Waals surface area contributed by atoms with E-state index < -0.39 is 17.4 Å². The Labute approximate surface area is 195 Å². The van der Waals surface area contributed by atoms with Gasteiger partial charge in [-0.15, -0.1) is 0 Å². The second-order valence-corrected chi connectivity index (χ2v) is 7.79. The molecule has 1 aromatic heterocycles. The number of hydrogen-bond donors (Lipinski definition) is 5. The van der Waals surface area contributed by atoms with Crippen molar-refractivity contribution >= 4 is 23.6 Å². The second-order valence-electron chi connectivity index (χ2n) is 7.35. The summed E-state index contributed by atoms with van der Waals surface area (Å²) in [7, 11) is 0. The van der Waals surface area contributed by atoms with E-state index in [0.29, 0.717) is 48.7 Å². The van der Waals surface area contributed by atoms with Gasteiger partial charge in [-0.05, 0) is 55.3 Å². The highest BCUT2D eigenvalue weighted by atomic mass is 35.5. The van der Waals surface area contributed by atoms with Crippen LogP contribution >= 0.6 is 11.6 Å². The van der Waals surface area contributed by atoms with Crippen molar-refractivity contribution in [1.82, 2.24) is 20.6 Å². The van der Waals surface area contributed by atoms with Gasteiger partial charge in [0.25, 0.3) is 5.56 Å². The number of hydrogen-bond acceptors (Lipinski definition) is 5. The van der Waals surface area contributed by atoms with E-state index in [1.807, 2.05) is 18.2 Å². The monoisotopic (exact) mass is 472 g/mol. The Hall–Kier alpha value is -3.27. The van der Waals surface area contributed by atoms with Crippen molar-refractivity contribution in [2.45, 2.75) is 19.4 Å². The molecule has 174 valence electrons. The van der Waals surface area contributed by atoms with Crippen molar-refractivity contribution in [3.63, 3.8) is 0 Å². The maximum absolute atomic E-state index is 14.4. The zero-order valence-electron chi connectivity index (χ0n) is 18.0. The van der Waals surface area contributed by atoms with Crippen LogP contribution in [0.4, 0.5) is 15.1 Å². The number of anilines is 1. The van der Waals surface area contributed by atoms with Crippen LogP contribution in [0.2, 0.25) is 5.02 Å². The molecule has 10 heteroatoms. The fourth-order valence-corrected chi connectivity index (χ4v) is 3.35. The number of nitrogens with one attached hydrogen (secondary N) is 4. The number of urea groups is 1. The molecule has 0 spiro atoms. The molecule has 2 aromatic carbocycles. The smallest absolute Gasteiger partial charge is 0.321 e. The standard InChI is InChI=1S/C23H26ClFN6O2/c24-18-4-1-3-15(11-18)7-10-28-23(33)31-22-29-14-19(21(32)30-22)16-5-6-17(20(25)12-16)13-27-9-2-8-26/h1,3-6,11-12,14,27H,2,7-10,13,26H2,(H3,28,29,30,31,32,33). The van der Waals surface area contributed by atoms with E-state index >= 15 is 0 Å². The molecule has 33 heavy (non-hydrogen) atoms. The molecule has 0 radical (unpaired) electrons. The Morgan fingerprint density at radius 1 is 1.18 bits per heavy atom. The zero-order valence-corrected chi connectivity index (χ0v) is 18.7. The number of halogens is 2. The molecule has 3 rings (SSSR count). The number of aromatic amines is 1. The highest BCUT2D eigenvalue weighted by Crippen LogP contribution is 2.19. The van der Waals surface area contributed by atoms with Crippen molar-refractivity contribution in [2.24, 2.45) is 5.73 Å². The Morgan fingerprint density at radius 3 is 2.76 bits per heavy atom. The van der Waals surface area contributed by atoms with Crippen molar-refractivity contribution in [2.75, 3.05) is 25.0 Å². The van der Waals surface area contributed by atoms with Gasteiger partial charge in [0, 0.05) is 29.9 Å². The molecule has 0 saturated carbocycles. The van der Waals surface area contributed by atoms with Crippen LogP contribution in [-0.2, 0) is 13.0 Å². The lowest BCUT2D eigenvalue weighted by atomic mass is 10.1. The third-order valence-electron chi connectivity index (χ3n) is 4.85. The molecule has 0 aliphatic rings. The molecule has 0 aliphatic heterocycles. The first-order valence-corrected chi connectivity index (χ1v) is 10.9. The maximum Gasteiger partial charge on any atom is 0.321 e. The summed E-state index contributed by atoms with van der Waals surface area (Å²) in [5, 5.41) is 8.91. The SMILES string of the molecule is NCCCNCc1ccc(-c2c[nH]c(NC(=O)NCCc3cccc(Cl)c3)nc2=O)cc1F. The van der Waals surface area contributed by atoms with Crippen LogP contribution in [-0.4, -0.2) is 35.6 Å². The summed E-state index contributed by atoms with van der Waals surface area (Å²) in [6.45, 7) is 2.01. The lowest BCUT2D eigenvalue weighted by Gasteiger charge is -2.09. The number of carbonyl (C=O) groups excluding carboxylic acids is 1. The molecule has 0 fully saturated rings. The maximum atomic E-state index is 14.4.